The summed E-state index contributed by atoms with van der Waals surface area (Å²) in [6.07, 6.45) is -2.77. The van der Waals surface area contributed by atoms with Crippen LogP contribution in [0.2, 0.25) is 0 Å². The lowest BCUT2D eigenvalue weighted by Gasteiger charge is -2.11. The summed E-state index contributed by atoms with van der Waals surface area (Å²) in [5.74, 6) is 0. The zero-order valence-electron chi connectivity index (χ0n) is 10.2. The number of aromatic nitrogens is 3. The van der Waals surface area contributed by atoms with Gasteiger partial charge in [-0.1, -0.05) is 27.2 Å². The van der Waals surface area contributed by atoms with Gasteiger partial charge < -0.3 is 0 Å². The second-order valence-corrected chi connectivity index (χ2v) is 5.57. The van der Waals surface area contributed by atoms with Crippen molar-refractivity contribution in [2.45, 2.75) is 24.9 Å². The first kappa shape index (κ1) is 14.0. The maximum absolute atomic E-state index is 12.8. The van der Waals surface area contributed by atoms with Gasteiger partial charge in [0.15, 0.2) is 0 Å². The molecular formula is C12H11BrF3N3. The molecule has 7 heteroatoms. The molecule has 2 aromatic rings. The van der Waals surface area contributed by atoms with E-state index < -0.39 is 11.7 Å². The van der Waals surface area contributed by atoms with Crippen molar-refractivity contribution in [3.63, 3.8) is 0 Å². The minimum Gasteiger partial charge on any atom is -0.220 e. The zero-order valence-corrected chi connectivity index (χ0v) is 11.8. The minimum absolute atomic E-state index is 0.00575. The summed E-state index contributed by atoms with van der Waals surface area (Å²) in [6, 6.07) is 4.09. The molecule has 0 aliphatic heterocycles. The number of hydrogen-bond donors (Lipinski definition) is 0. The molecule has 0 N–H and O–H groups in total. The Morgan fingerprint density at radius 1 is 1.32 bits per heavy atom. The van der Waals surface area contributed by atoms with E-state index in [-0.39, 0.29) is 10.4 Å². The molecule has 1 aromatic heterocycles. The predicted octanol–water partition coefficient (Wildman–Crippen LogP) is 4.05. The lowest BCUT2D eigenvalue weighted by atomic mass is 10.1. The summed E-state index contributed by atoms with van der Waals surface area (Å²) < 4.78 is 39.8. The summed E-state index contributed by atoms with van der Waals surface area (Å²) in [4.78, 5) is -0.00575. The summed E-state index contributed by atoms with van der Waals surface area (Å²) >= 11 is 3.33. The molecule has 0 radical (unpaired) electrons. The van der Waals surface area contributed by atoms with E-state index in [0.29, 0.717) is 11.4 Å². The van der Waals surface area contributed by atoms with Gasteiger partial charge in [0, 0.05) is 0 Å². The van der Waals surface area contributed by atoms with Crippen molar-refractivity contribution in [1.29, 1.82) is 0 Å². The fourth-order valence-electron chi connectivity index (χ4n) is 1.64. The number of hydrogen-bond acceptors (Lipinski definition) is 2. The van der Waals surface area contributed by atoms with Gasteiger partial charge in [-0.2, -0.15) is 13.2 Å². The maximum atomic E-state index is 12.8. The number of aryl methyl sites for hydroxylation is 1. The normalized spacial score (nSPS) is 13.6. The number of alkyl halides is 4. The molecule has 1 unspecified atom stereocenters. The smallest absolute Gasteiger partial charge is 0.220 e. The first-order valence-electron chi connectivity index (χ1n) is 5.53. The van der Waals surface area contributed by atoms with Crippen LogP contribution >= 0.6 is 15.9 Å². The van der Waals surface area contributed by atoms with E-state index in [1.807, 2.05) is 6.92 Å². The molecule has 0 amide bonds. The second kappa shape index (κ2) is 4.96. The largest absolute Gasteiger partial charge is 0.416 e. The van der Waals surface area contributed by atoms with Gasteiger partial charge in [-0.05, 0) is 31.5 Å². The van der Waals surface area contributed by atoms with Crippen LogP contribution in [0.4, 0.5) is 13.2 Å². The Hall–Kier alpha value is -1.37. The van der Waals surface area contributed by atoms with Crippen molar-refractivity contribution < 1.29 is 13.2 Å². The molecule has 3 nitrogen and oxygen atoms in total. The zero-order chi connectivity index (χ0) is 14.2. The SMILES string of the molecule is Cc1ccc(-n2cc(C(C)Br)nn2)cc1C(F)(F)F. The van der Waals surface area contributed by atoms with E-state index in [9.17, 15) is 13.2 Å². The summed E-state index contributed by atoms with van der Waals surface area (Å²) in [5, 5.41) is 7.72. The monoisotopic (exact) mass is 333 g/mol. The molecule has 0 saturated carbocycles. The number of rotatable bonds is 2. The highest BCUT2D eigenvalue weighted by atomic mass is 79.9. The van der Waals surface area contributed by atoms with Crippen molar-refractivity contribution in [3.8, 4) is 5.69 Å². The Morgan fingerprint density at radius 2 is 2.00 bits per heavy atom. The van der Waals surface area contributed by atoms with Gasteiger partial charge in [-0.15, -0.1) is 5.10 Å². The van der Waals surface area contributed by atoms with E-state index in [1.165, 1.54) is 17.7 Å². The second-order valence-electron chi connectivity index (χ2n) is 4.20. The van der Waals surface area contributed by atoms with Crippen LogP contribution < -0.4 is 0 Å². The molecule has 102 valence electrons. The van der Waals surface area contributed by atoms with Gasteiger partial charge in [0.1, 0.15) is 0 Å². The lowest BCUT2D eigenvalue weighted by Crippen LogP contribution is -2.09. The molecule has 1 heterocycles. The molecule has 0 bridgehead atoms. The number of halogens is 4. The van der Waals surface area contributed by atoms with Gasteiger partial charge in [0.2, 0.25) is 0 Å². The predicted molar refractivity (Wildman–Crippen MR) is 68.4 cm³/mol. The molecule has 2 rings (SSSR count). The molecule has 0 spiro atoms. The van der Waals surface area contributed by atoms with Crippen molar-refractivity contribution in [2.24, 2.45) is 0 Å². The van der Waals surface area contributed by atoms with Gasteiger partial charge in [0.05, 0.1) is 28.0 Å². The molecule has 1 atom stereocenters. The van der Waals surface area contributed by atoms with Gasteiger partial charge in [-0.25, -0.2) is 4.68 Å². The molecule has 0 aliphatic carbocycles. The summed E-state index contributed by atoms with van der Waals surface area (Å²) in [5.41, 5.74) is 0.526. The van der Waals surface area contributed by atoms with Crippen LogP contribution in [-0.4, -0.2) is 15.0 Å². The highest BCUT2D eigenvalue weighted by Gasteiger charge is 2.32. The first-order chi connectivity index (χ1) is 8.79. The fourth-order valence-corrected chi connectivity index (χ4v) is 1.85. The summed E-state index contributed by atoms with van der Waals surface area (Å²) in [7, 11) is 0. The third-order valence-electron chi connectivity index (χ3n) is 2.71. The van der Waals surface area contributed by atoms with Gasteiger partial charge >= 0.3 is 6.18 Å². The van der Waals surface area contributed by atoms with Crippen LogP contribution in [0, 0.1) is 6.92 Å². The van der Waals surface area contributed by atoms with Crippen LogP contribution in [0.5, 0.6) is 0 Å². The minimum atomic E-state index is -4.37. The lowest BCUT2D eigenvalue weighted by molar-refractivity contribution is -0.138. The van der Waals surface area contributed by atoms with Crippen LogP contribution in [-0.2, 0) is 6.18 Å². The molecular weight excluding hydrogens is 323 g/mol. The standard InChI is InChI=1S/C12H11BrF3N3/c1-7-3-4-9(5-10(7)12(14,15)16)19-6-11(8(2)13)17-18-19/h3-6,8H,1-2H3. The number of nitrogens with zero attached hydrogens (tertiary/aromatic N) is 3. The van der Waals surface area contributed by atoms with Crippen LogP contribution in [0.15, 0.2) is 24.4 Å². The Balaban J connectivity index is 2.45. The van der Waals surface area contributed by atoms with Crippen LogP contribution in [0.1, 0.15) is 28.6 Å². The fraction of sp³-hybridized carbons (Fsp3) is 0.333. The third kappa shape index (κ3) is 2.97. The molecule has 1 aromatic carbocycles. The van der Waals surface area contributed by atoms with Crippen molar-refractivity contribution >= 4 is 15.9 Å². The summed E-state index contributed by atoms with van der Waals surface area (Å²) in [6.45, 7) is 3.30. The van der Waals surface area contributed by atoms with E-state index in [0.717, 1.165) is 6.07 Å². The maximum Gasteiger partial charge on any atom is 0.416 e. The van der Waals surface area contributed by atoms with E-state index in [4.69, 9.17) is 0 Å². The Morgan fingerprint density at radius 3 is 2.53 bits per heavy atom. The van der Waals surface area contributed by atoms with Gasteiger partial charge in [0.25, 0.3) is 0 Å². The van der Waals surface area contributed by atoms with Gasteiger partial charge in [-0.3, -0.25) is 0 Å². The van der Waals surface area contributed by atoms with E-state index >= 15 is 0 Å². The molecule has 0 fully saturated rings. The molecule has 0 aliphatic rings. The highest BCUT2D eigenvalue weighted by molar-refractivity contribution is 9.09. The van der Waals surface area contributed by atoms with Crippen molar-refractivity contribution in [2.75, 3.05) is 0 Å². The molecule has 0 saturated heterocycles. The Kier molecular flexibility index (Phi) is 3.66. The highest BCUT2D eigenvalue weighted by Crippen LogP contribution is 2.33. The van der Waals surface area contributed by atoms with Crippen molar-refractivity contribution in [3.05, 3.63) is 41.2 Å². The quantitative estimate of drug-likeness (QED) is 0.776. The third-order valence-corrected chi connectivity index (χ3v) is 3.18. The van der Waals surface area contributed by atoms with Crippen LogP contribution in [0.25, 0.3) is 5.69 Å². The van der Waals surface area contributed by atoms with E-state index in [2.05, 4.69) is 26.2 Å². The van der Waals surface area contributed by atoms with Crippen LogP contribution in [0.3, 0.4) is 0 Å². The number of benzene rings is 1. The van der Waals surface area contributed by atoms with Crippen molar-refractivity contribution in [1.82, 2.24) is 15.0 Å². The first-order valence-corrected chi connectivity index (χ1v) is 6.45. The van der Waals surface area contributed by atoms with E-state index in [1.54, 1.807) is 12.3 Å². The molecule has 19 heavy (non-hydrogen) atoms. The average molecular weight is 334 g/mol. The topological polar surface area (TPSA) is 30.7 Å². The average Bonchev–Trinajstić information content (AvgIpc) is 2.77. The Bertz CT molecular complexity index is 590. The Labute approximate surface area is 116 Å².